The number of hydrogen-bond donors (Lipinski definition) is 2. The molecule has 0 amide bonds. The maximum atomic E-state index is 9.46. The van der Waals surface area contributed by atoms with E-state index >= 15 is 0 Å². The van der Waals surface area contributed by atoms with Crippen molar-refractivity contribution in [3.8, 4) is 5.75 Å². The number of phenolic OH excluding ortho intramolecular Hbond substituents is 1. The number of phenols is 1. The van der Waals surface area contributed by atoms with Gasteiger partial charge in [-0.3, -0.25) is 0 Å². The van der Waals surface area contributed by atoms with Crippen LogP contribution in [0.2, 0.25) is 5.02 Å². The van der Waals surface area contributed by atoms with E-state index in [9.17, 15) is 5.11 Å². The molecule has 2 N–H and O–H groups in total. The number of hydrogen-bond acceptors (Lipinski definition) is 3. The van der Waals surface area contributed by atoms with Gasteiger partial charge in [0, 0.05) is 12.7 Å². The van der Waals surface area contributed by atoms with E-state index < -0.39 is 0 Å². The fourth-order valence-electron chi connectivity index (χ4n) is 2.46. The van der Waals surface area contributed by atoms with Gasteiger partial charge in [-0.15, -0.1) is 0 Å². The lowest BCUT2D eigenvalue weighted by Gasteiger charge is -2.15. The minimum atomic E-state index is 0.0167. The lowest BCUT2D eigenvalue weighted by Crippen LogP contribution is -2.11. The number of benzene rings is 2. The maximum Gasteiger partial charge on any atom is 0.134 e. The molecule has 1 atom stereocenters. The smallest absolute Gasteiger partial charge is 0.134 e. The fourth-order valence-corrected chi connectivity index (χ4v) is 2.64. The zero-order valence-corrected chi connectivity index (χ0v) is 12.6. The minimum absolute atomic E-state index is 0.0167. The first-order chi connectivity index (χ1) is 10.1. The van der Waals surface area contributed by atoms with Gasteiger partial charge in [0.15, 0.2) is 0 Å². The number of para-hydroxylation sites is 2. The molecular weight excluding hydrogens is 286 g/mol. The Morgan fingerprint density at radius 2 is 2.00 bits per heavy atom. The topological polar surface area (TPSA) is 50.1 Å². The Kier molecular flexibility index (Phi) is 3.47. The van der Waals surface area contributed by atoms with Crippen LogP contribution in [0.5, 0.6) is 5.75 Å². The summed E-state index contributed by atoms with van der Waals surface area (Å²) in [4.78, 5) is 4.67. The van der Waals surface area contributed by atoms with Crippen LogP contribution in [0.15, 0.2) is 42.5 Å². The number of aromatic nitrogens is 2. The second kappa shape index (κ2) is 5.30. The summed E-state index contributed by atoms with van der Waals surface area (Å²) in [5.74, 6) is 1.03. The van der Waals surface area contributed by atoms with Gasteiger partial charge in [-0.2, -0.15) is 0 Å². The zero-order valence-electron chi connectivity index (χ0n) is 11.8. The lowest BCUT2D eigenvalue weighted by molar-refractivity contribution is 0.475. The molecule has 1 aromatic heterocycles. The summed E-state index contributed by atoms with van der Waals surface area (Å²) in [6.07, 6.45) is 0. The number of aryl methyl sites for hydroxylation is 1. The minimum Gasteiger partial charge on any atom is -0.506 e. The van der Waals surface area contributed by atoms with E-state index in [0.29, 0.717) is 5.02 Å². The third kappa shape index (κ3) is 2.54. The highest BCUT2D eigenvalue weighted by atomic mass is 35.5. The Balaban J connectivity index is 1.91. The quantitative estimate of drug-likeness (QED) is 0.716. The highest BCUT2D eigenvalue weighted by Crippen LogP contribution is 2.28. The van der Waals surface area contributed by atoms with Crippen LogP contribution in [0, 0.1) is 0 Å². The highest BCUT2D eigenvalue weighted by Gasteiger charge is 2.14. The van der Waals surface area contributed by atoms with Crippen molar-refractivity contribution in [3.63, 3.8) is 0 Å². The Hall–Kier alpha value is -2.20. The van der Waals surface area contributed by atoms with E-state index in [-0.39, 0.29) is 11.8 Å². The van der Waals surface area contributed by atoms with Gasteiger partial charge in [-0.25, -0.2) is 4.98 Å². The second-order valence-electron chi connectivity index (χ2n) is 5.05. The number of nitrogens with one attached hydrogen (secondary N) is 1. The summed E-state index contributed by atoms with van der Waals surface area (Å²) >= 11 is 5.93. The molecule has 0 aliphatic carbocycles. The van der Waals surface area contributed by atoms with E-state index in [0.717, 1.165) is 22.5 Å². The van der Waals surface area contributed by atoms with Gasteiger partial charge in [0.2, 0.25) is 0 Å². The Morgan fingerprint density at radius 1 is 1.24 bits per heavy atom. The molecule has 1 unspecified atom stereocenters. The van der Waals surface area contributed by atoms with Crippen LogP contribution in [0.1, 0.15) is 18.8 Å². The number of fused-ring (bicyclic) bond motifs is 1. The summed E-state index contributed by atoms with van der Waals surface area (Å²) in [5.41, 5.74) is 2.93. The second-order valence-corrected chi connectivity index (χ2v) is 5.46. The largest absolute Gasteiger partial charge is 0.506 e. The Labute approximate surface area is 128 Å². The number of halogens is 1. The molecule has 0 spiro atoms. The molecule has 108 valence electrons. The number of anilines is 1. The summed E-state index contributed by atoms with van der Waals surface area (Å²) in [6, 6.07) is 13.1. The van der Waals surface area contributed by atoms with Crippen LogP contribution in [0.4, 0.5) is 5.69 Å². The molecular formula is C16H16ClN3O. The molecule has 0 saturated heterocycles. The Bertz CT molecular complexity index is 797. The van der Waals surface area contributed by atoms with Gasteiger partial charge in [0.1, 0.15) is 11.6 Å². The predicted molar refractivity (Wildman–Crippen MR) is 85.9 cm³/mol. The molecule has 4 nitrogen and oxygen atoms in total. The van der Waals surface area contributed by atoms with E-state index in [4.69, 9.17) is 11.6 Å². The monoisotopic (exact) mass is 301 g/mol. The summed E-state index contributed by atoms with van der Waals surface area (Å²) in [6.45, 7) is 2.04. The molecule has 2 aromatic carbocycles. The van der Waals surface area contributed by atoms with Crippen LogP contribution in [-0.2, 0) is 7.05 Å². The molecule has 0 bridgehead atoms. The van der Waals surface area contributed by atoms with Crippen molar-refractivity contribution in [2.24, 2.45) is 7.05 Å². The SMILES string of the molecule is CC(Nc1ccc(O)c(Cl)c1)c1nc2ccccc2n1C. The van der Waals surface area contributed by atoms with Crippen molar-refractivity contribution < 1.29 is 5.11 Å². The number of rotatable bonds is 3. The summed E-state index contributed by atoms with van der Waals surface area (Å²) in [5, 5.41) is 13.1. The van der Waals surface area contributed by atoms with Crippen LogP contribution in [0.25, 0.3) is 11.0 Å². The molecule has 5 heteroatoms. The average molecular weight is 302 g/mol. The highest BCUT2D eigenvalue weighted by molar-refractivity contribution is 6.32. The normalized spacial score (nSPS) is 12.5. The van der Waals surface area contributed by atoms with Crippen molar-refractivity contribution in [2.45, 2.75) is 13.0 Å². The van der Waals surface area contributed by atoms with Crippen LogP contribution >= 0.6 is 11.6 Å². The van der Waals surface area contributed by atoms with Gasteiger partial charge < -0.3 is 15.0 Å². The van der Waals surface area contributed by atoms with Gasteiger partial charge in [0.05, 0.1) is 22.1 Å². The lowest BCUT2D eigenvalue weighted by atomic mass is 10.2. The molecule has 3 aromatic rings. The molecule has 0 saturated carbocycles. The summed E-state index contributed by atoms with van der Waals surface area (Å²) < 4.78 is 2.08. The number of aromatic hydroxyl groups is 1. The van der Waals surface area contributed by atoms with Crippen LogP contribution in [-0.4, -0.2) is 14.7 Å². The van der Waals surface area contributed by atoms with Crippen molar-refractivity contribution >= 4 is 28.3 Å². The third-order valence-corrected chi connectivity index (χ3v) is 3.84. The average Bonchev–Trinajstić information content (AvgIpc) is 2.81. The first-order valence-electron chi connectivity index (χ1n) is 6.72. The number of imidazole rings is 1. The molecule has 0 radical (unpaired) electrons. The molecule has 21 heavy (non-hydrogen) atoms. The van der Waals surface area contributed by atoms with Crippen molar-refractivity contribution in [3.05, 3.63) is 53.3 Å². The van der Waals surface area contributed by atoms with Crippen LogP contribution < -0.4 is 5.32 Å². The molecule has 0 aliphatic heterocycles. The van der Waals surface area contributed by atoms with E-state index in [2.05, 4.69) is 20.9 Å². The van der Waals surface area contributed by atoms with E-state index in [1.54, 1.807) is 18.2 Å². The van der Waals surface area contributed by atoms with E-state index in [1.807, 2.05) is 32.2 Å². The Morgan fingerprint density at radius 3 is 2.71 bits per heavy atom. The van der Waals surface area contributed by atoms with Gasteiger partial charge >= 0.3 is 0 Å². The first kappa shape index (κ1) is 13.8. The van der Waals surface area contributed by atoms with Gasteiger partial charge in [0.25, 0.3) is 0 Å². The van der Waals surface area contributed by atoms with Crippen molar-refractivity contribution in [2.75, 3.05) is 5.32 Å². The standard InChI is InChI=1S/C16H16ClN3O/c1-10(18-11-7-8-15(21)12(17)9-11)16-19-13-5-3-4-6-14(13)20(16)2/h3-10,18,21H,1-2H3. The number of nitrogens with zero attached hydrogens (tertiary/aromatic N) is 2. The first-order valence-corrected chi connectivity index (χ1v) is 7.10. The summed E-state index contributed by atoms with van der Waals surface area (Å²) in [7, 11) is 2.01. The van der Waals surface area contributed by atoms with Crippen molar-refractivity contribution in [1.82, 2.24) is 9.55 Å². The third-order valence-electron chi connectivity index (χ3n) is 3.54. The molecule has 1 heterocycles. The molecule has 0 aliphatic rings. The van der Waals surface area contributed by atoms with Crippen molar-refractivity contribution in [1.29, 1.82) is 0 Å². The van der Waals surface area contributed by atoms with Crippen LogP contribution in [0.3, 0.4) is 0 Å². The fraction of sp³-hybridized carbons (Fsp3) is 0.188. The molecule has 3 rings (SSSR count). The maximum absolute atomic E-state index is 9.46. The molecule has 0 fully saturated rings. The van der Waals surface area contributed by atoms with Gasteiger partial charge in [-0.1, -0.05) is 23.7 Å². The van der Waals surface area contributed by atoms with E-state index in [1.165, 1.54) is 0 Å². The van der Waals surface area contributed by atoms with Gasteiger partial charge in [-0.05, 0) is 37.3 Å². The predicted octanol–water partition coefficient (Wildman–Crippen LogP) is 4.11. The zero-order chi connectivity index (χ0) is 15.0.